The van der Waals surface area contributed by atoms with Crippen LogP contribution >= 0.6 is 0 Å². The van der Waals surface area contributed by atoms with Gasteiger partial charge < -0.3 is 9.84 Å². The smallest absolute Gasteiger partial charge is 0.305 e. The SMILES string of the molecule is CC(Nc1ncc([N+](=O)[O-])cn1)c1ccon1. The molecule has 88 valence electrons. The van der Waals surface area contributed by atoms with E-state index in [1.54, 1.807) is 6.07 Å². The highest BCUT2D eigenvalue weighted by molar-refractivity contribution is 5.32. The lowest BCUT2D eigenvalue weighted by Crippen LogP contribution is -2.09. The second kappa shape index (κ2) is 4.56. The first kappa shape index (κ1) is 11.0. The summed E-state index contributed by atoms with van der Waals surface area (Å²) in [6.45, 7) is 1.85. The van der Waals surface area contributed by atoms with E-state index in [2.05, 4.69) is 20.4 Å². The number of nitro groups is 1. The van der Waals surface area contributed by atoms with Crippen molar-refractivity contribution in [2.45, 2.75) is 13.0 Å². The minimum atomic E-state index is -0.551. The molecule has 2 heterocycles. The van der Waals surface area contributed by atoms with Crippen molar-refractivity contribution >= 4 is 11.6 Å². The highest BCUT2D eigenvalue weighted by atomic mass is 16.6. The summed E-state index contributed by atoms with van der Waals surface area (Å²) in [6.07, 6.45) is 3.75. The molecule has 0 aliphatic rings. The van der Waals surface area contributed by atoms with Crippen molar-refractivity contribution in [3.05, 3.63) is 40.5 Å². The van der Waals surface area contributed by atoms with Crippen LogP contribution in [-0.2, 0) is 0 Å². The summed E-state index contributed by atoms with van der Waals surface area (Å²) in [7, 11) is 0. The molecule has 0 spiro atoms. The summed E-state index contributed by atoms with van der Waals surface area (Å²) >= 11 is 0. The number of rotatable bonds is 4. The molecule has 0 radical (unpaired) electrons. The maximum atomic E-state index is 10.4. The quantitative estimate of drug-likeness (QED) is 0.632. The molecule has 0 bridgehead atoms. The van der Waals surface area contributed by atoms with Crippen LogP contribution in [0.5, 0.6) is 0 Å². The number of anilines is 1. The molecule has 0 aromatic carbocycles. The lowest BCUT2D eigenvalue weighted by atomic mass is 10.2. The van der Waals surface area contributed by atoms with Crippen molar-refractivity contribution in [2.75, 3.05) is 5.32 Å². The predicted octanol–water partition coefficient (Wildman–Crippen LogP) is 1.55. The fourth-order valence-corrected chi connectivity index (χ4v) is 1.20. The molecule has 0 saturated carbocycles. The zero-order valence-corrected chi connectivity index (χ0v) is 8.90. The molecule has 1 N–H and O–H groups in total. The van der Waals surface area contributed by atoms with Gasteiger partial charge >= 0.3 is 5.69 Å². The van der Waals surface area contributed by atoms with Crippen LogP contribution < -0.4 is 5.32 Å². The Labute approximate surface area is 95.8 Å². The van der Waals surface area contributed by atoms with E-state index in [1.165, 1.54) is 6.26 Å². The van der Waals surface area contributed by atoms with E-state index in [0.29, 0.717) is 11.6 Å². The molecule has 2 aromatic rings. The van der Waals surface area contributed by atoms with Crippen LogP contribution in [-0.4, -0.2) is 20.0 Å². The minimum absolute atomic E-state index is 0.143. The third-order valence-electron chi connectivity index (χ3n) is 2.10. The number of aromatic nitrogens is 3. The first-order valence-electron chi connectivity index (χ1n) is 4.80. The molecule has 2 aromatic heterocycles. The summed E-state index contributed by atoms with van der Waals surface area (Å²) < 4.78 is 4.70. The Hall–Kier alpha value is -2.51. The van der Waals surface area contributed by atoms with Crippen molar-refractivity contribution in [1.82, 2.24) is 15.1 Å². The maximum Gasteiger partial charge on any atom is 0.305 e. The van der Waals surface area contributed by atoms with Gasteiger partial charge in [-0.3, -0.25) is 10.1 Å². The molecule has 0 fully saturated rings. The van der Waals surface area contributed by atoms with Crippen LogP contribution in [0.1, 0.15) is 18.7 Å². The van der Waals surface area contributed by atoms with Crippen LogP contribution in [0.15, 0.2) is 29.2 Å². The Kier molecular flexibility index (Phi) is 2.95. The topological polar surface area (TPSA) is 107 Å². The first-order valence-corrected chi connectivity index (χ1v) is 4.80. The van der Waals surface area contributed by atoms with E-state index < -0.39 is 4.92 Å². The van der Waals surface area contributed by atoms with Gasteiger partial charge in [0.2, 0.25) is 5.95 Å². The van der Waals surface area contributed by atoms with E-state index in [-0.39, 0.29) is 11.7 Å². The predicted molar refractivity (Wildman–Crippen MR) is 57.2 cm³/mol. The third-order valence-corrected chi connectivity index (χ3v) is 2.10. The summed E-state index contributed by atoms with van der Waals surface area (Å²) in [4.78, 5) is 17.5. The standard InChI is InChI=1S/C9H9N5O3/c1-6(8-2-3-17-13-8)12-9-10-4-7(5-11-9)14(15)16/h2-6H,1H3,(H,10,11,12). The van der Waals surface area contributed by atoms with Gasteiger partial charge in [0, 0.05) is 6.07 Å². The average Bonchev–Trinajstić information content (AvgIpc) is 2.83. The third kappa shape index (κ3) is 2.54. The second-order valence-corrected chi connectivity index (χ2v) is 3.31. The van der Waals surface area contributed by atoms with E-state index >= 15 is 0 Å². The molecule has 2 rings (SSSR count). The Bertz CT molecular complexity index is 496. The molecule has 0 aliphatic heterocycles. The van der Waals surface area contributed by atoms with E-state index in [4.69, 9.17) is 4.52 Å². The molecular formula is C9H9N5O3. The fraction of sp³-hybridized carbons (Fsp3) is 0.222. The lowest BCUT2D eigenvalue weighted by Gasteiger charge is -2.09. The molecule has 0 amide bonds. The van der Waals surface area contributed by atoms with E-state index in [0.717, 1.165) is 12.4 Å². The molecule has 1 atom stereocenters. The van der Waals surface area contributed by atoms with Gasteiger partial charge in [0.25, 0.3) is 0 Å². The van der Waals surface area contributed by atoms with Gasteiger partial charge in [0.05, 0.1) is 11.0 Å². The van der Waals surface area contributed by atoms with Crippen LogP contribution in [0.25, 0.3) is 0 Å². The van der Waals surface area contributed by atoms with Gasteiger partial charge in [0.1, 0.15) is 24.4 Å². The molecule has 17 heavy (non-hydrogen) atoms. The Morgan fingerprint density at radius 2 is 2.18 bits per heavy atom. The zero-order chi connectivity index (χ0) is 12.3. The van der Waals surface area contributed by atoms with Crippen molar-refractivity contribution in [3.8, 4) is 0 Å². The summed E-state index contributed by atoms with van der Waals surface area (Å²) in [6, 6.07) is 1.57. The molecule has 1 unspecified atom stereocenters. The zero-order valence-electron chi connectivity index (χ0n) is 8.90. The van der Waals surface area contributed by atoms with Gasteiger partial charge in [-0.1, -0.05) is 5.16 Å². The van der Waals surface area contributed by atoms with Gasteiger partial charge in [0.15, 0.2) is 0 Å². The van der Waals surface area contributed by atoms with Gasteiger partial charge in [-0.2, -0.15) is 0 Å². The van der Waals surface area contributed by atoms with Crippen molar-refractivity contribution in [1.29, 1.82) is 0 Å². The highest BCUT2D eigenvalue weighted by Crippen LogP contribution is 2.15. The van der Waals surface area contributed by atoms with Crippen molar-refractivity contribution in [3.63, 3.8) is 0 Å². The number of hydrogen-bond acceptors (Lipinski definition) is 7. The van der Waals surface area contributed by atoms with Crippen LogP contribution in [0.4, 0.5) is 11.6 Å². The molecule has 0 aliphatic carbocycles. The normalized spacial score (nSPS) is 12.1. The average molecular weight is 235 g/mol. The Morgan fingerprint density at radius 3 is 2.71 bits per heavy atom. The molecule has 8 nitrogen and oxygen atoms in total. The molecule has 8 heteroatoms. The van der Waals surface area contributed by atoms with Crippen LogP contribution in [0.2, 0.25) is 0 Å². The van der Waals surface area contributed by atoms with Crippen molar-refractivity contribution < 1.29 is 9.45 Å². The maximum absolute atomic E-state index is 10.4. The number of nitrogens with zero attached hydrogens (tertiary/aromatic N) is 4. The summed E-state index contributed by atoms with van der Waals surface area (Å²) in [5.41, 5.74) is 0.552. The number of nitrogens with one attached hydrogen (secondary N) is 1. The van der Waals surface area contributed by atoms with Crippen LogP contribution in [0.3, 0.4) is 0 Å². The van der Waals surface area contributed by atoms with Gasteiger partial charge in [-0.15, -0.1) is 0 Å². The van der Waals surface area contributed by atoms with Crippen molar-refractivity contribution in [2.24, 2.45) is 0 Å². The summed E-state index contributed by atoms with van der Waals surface area (Å²) in [5, 5.41) is 17.1. The largest absolute Gasteiger partial charge is 0.364 e. The Balaban J connectivity index is 2.06. The minimum Gasteiger partial charge on any atom is -0.364 e. The summed E-state index contributed by atoms with van der Waals surface area (Å²) in [5.74, 6) is 0.297. The van der Waals surface area contributed by atoms with E-state index in [1.807, 2.05) is 6.92 Å². The second-order valence-electron chi connectivity index (χ2n) is 3.31. The first-order chi connectivity index (χ1) is 8.16. The lowest BCUT2D eigenvalue weighted by molar-refractivity contribution is -0.385. The van der Waals surface area contributed by atoms with Gasteiger partial charge in [-0.25, -0.2) is 9.97 Å². The van der Waals surface area contributed by atoms with Crippen LogP contribution in [0, 0.1) is 10.1 Å². The molecule has 0 saturated heterocycles. The molecular weight excluding hydrogens is 226 g/mol. The van der Waals surface area contributed by atoms with Gasteiger partial charge in [-0.05, 0) is 6.92 Å². The Morgan fingerprint density at radius 1 is 1.47 bits per heavy atom. The highest BCUT2D eigenvalue weighted by Gasteiger charge is 2.11. The number of hydrogen-bond donors (Lipinski definition) is 1. The van der Waals surface area contributed by atoms with E-state index in [9.17, 15) is 10.1 Å². The monoisotopic (exact) mass is 235 g/mol. The fourth-order valence-electron chi connectivity index (χ4n) is 1.20.